The standard InChI is InChI=1S/C16H27N3O/c1-5-7-17-13(2)14-6-8-18-15(11-14)19-9-10-20-12-16(19,3)4/h6,8,11,13,17H,5,7,9-10,12H2,1-4H3. The molecule has 0 aromatic carbocycles. The summed E-state index contributed by atoms with van der Waals surface area (Å²) < 4.78 is 5.59. The van der Waals surface area contributed by atoms with E-state index in [-0.39, 0.29) is 5.54 Å². The Hall–Kier alpha value is -1.13. The zero-order chi connectivity index (χ0) is 14.6. The molecule has 4 nitrogen and oxygen atoms in total. The number of hydrogen-bond acceptors (Lipinski definition) is 4. The van der Waals surface area contributed by atoms with Gasteiger partial charge >= 0.3 is 0 Å². The number of ether oxygens (including phenoxy) is 1. The Labute approximate surface area is 122 Å². The second-order valence-electron chi connectivity index (χ2n) is 6.14. The molecule has 2 heterocycles. The molecule has 1 aliphatic rings. The van der Waals surface area contributed by atoms with Crippen LogP contribution in [0.1, 0.15) is 45.7 Å². The Morgan fingerprint density at radius 2 is 2.30 bits per heavy atom. The van der Waals surface area contributed by atoms with Gasteiger partial charge in [0.15, 0.2) is 0 Å². The van der Waals surface area contributed by atoms with Gasteiger partial charge in [-0.15, -0.1) is 0 Å². The lowest BCUT2D eigenvalue weighted by Gasteiger charge is -2.43. The van der Waals surface area contributed by atoms with Crippen LogP contribution in [0.5, 0.6) is 0 Å². The third-order valence-corrected chi connectivity index (χ3v) is 3.89. The lowest BCUT2D eigenvalue weighted by atomic mass is 10.0. The van der Waals surface area contributed by atoms with Crippen LogP contribution >= 0.6 is 0 Å². The van der Waals surface area contributed by atoms with E-state index in [0.717, 1.165) is 38.5 Å². The first-order valence-electron chi connectivity index (χ1n) is 7.59. The van der Waals surface area contributed by atoms with E-state index < -0.39 is 0 Å². The summed E-state index contributed by atoms with van der Waals surface area (Å²) >= 11 is 0. The smallest absolute Gasteiger partial charge is 0.129 e. The van der Waals surface area contributed by atoms with Crippen molar-refractivity contribution in [2.75, 3.05) is 31.2 Å². The maximum absolute atomic E-state index is 5.59. The largest absolute Gasteiger partial charge is 0.377 e. The SMILES string of the molecule is CCCNC(C)c1ccnc(N2CCOCC2(C)C)c1. The number of anilines is 1. The molecule has 1 aromatic heterocycles. The van der Waals surface area contributed by atoms with Crippen molar-refractivity contribution in [3.63, 3.8) is 0 Å². The average molecular weight is 277 g/mol. The Kier molecular flexibility index (Phi) is 5.00. The van der Waals surface area contributed by atoms with Crippen molar-refractivity contribution < 1.29 is 4.74 Å². The zero-order valence-corrected chi connectivity index (χ0v) is 13.1. The van der Waals surface area contributed by atoms with Gasteiger partial charge in [-0.05, 0) is 51.4 Å². The first-order valence-corrected chi connectivity index (χ1v) is 7.59. The van der Waals surface area contributed by atoms with Crippen molar-refractivity contribution in [3.05, 3.63) is 23.9 Å². The summed E-state index contributed by atoms with van der Waals surface area (Å²) in [6, 6.07) is 4.67. The minimum Gasteiger partial charge on any atom is -0.377 e. The fraction of sp³-hybridized carbons (Fsp3) is 0.688. The molecule has 1 unspecified atom stereocenters. The normalized spacial score (nSPS) is 19.9. The highest BCUT2D eigenvalue weighted by Crippen LogP contribution is 2.27. The van der Waals surface area contributed by atoms with Crippen LogP contribution in [-0.2, 0) is 4.74 Å². The van der Waals surface area contributed by atoms with Crippen LogP contribution in [0, 0.1) is 0 Å². The fourth-order valence-corrected chi connectivity index (χ4v) is 2.61. The molecule has 1 fully saturated rings. The van der Waals surface area contributed by atoms with Gasteiger partial charge in [0.25, 0.3) is 0 Å². The summed E-state index contributed by atoms with van der Waals surface area (Å²) in [6.45, 7) is 12.3. The number of nitrogens with one attached hydrogen (secondary N) is 1. The van der Waals surface area contributed by atoms with Crippen molar-refractivity contribution in [1.82, 2.24) is 10.3 Å². The van der Waals surface area contributed by atoms with Gasteiger partial charge in [0.1, 0.15) is 5.82 Å². The van der Waals surface area contributed by atoms with E-state index in [9.17, 15) is 0 Å². The zero-order valence-electron chi connectivity index (χ0n) is 13.1. The minimum absolute atomic E-state index is 0.00393. The first-order chi connectivity index (χ1) is 9.54. The molecule has 0 saturated carbocycles. The van der Waals surface area contributed by atoms with Gasteiger partial charge < -0.3 is 15.0 Å². The number of nitrogens with zero attached hydrogens (tertiary/aromatic N) is 2. The van der Waals surface area contributed by atoms with Gasteiger partial charge in [-0.2, -0.15) is 0 Å². The second-order valence-corrected chi connectivity index (χ2v) is 6.14. The quantitative estimate of drug-likeness (QED) is 0.898. The molecule has 112 valence electrons. The molecule has 1 atom stereocenters. The van der Waals surface area contributed by atoms with Crippen LogP contribution in [0.4, 0.5) is 5.82 Å². The van der Waals surface area contributed by atoms with Crippen molar-refractivity contribution in [1.29, 1.82) is 0 Å². The van der Waals surface area contributed by atoms with E-state index >= 15 is 0 Å². The Morgan fingerprint density at radius 3 is 3.00 bits per heavy atom. The topological polar surface area (TPSA) is 37.4 Å². The predicted octanol–water partition coefficient (Wildman–Crippen LogP) is 2.76. The second kappa shape index (κ2) is 6.55. The fourth-order valence-electron chi connectivity index (χ4n) is 2.61. The molecule has 0 radical (unpaired) electrons. The molecule has 1 saturated heterocycles. The van der Waals surface area contributed by atoms with Gasteiger partial charge in [0.2, 0.25) is 0 Å². The third-order valence-electron chi connectivity index (χ3n) is 3.89. The summed E-state index contributed by atoms with van der Waals surface area (Å²) in [5, 5.41) is 3.53. The summed E-state index contributed by atoms with van der Waals surface area (Å²) in [5.41, 5.74) is 1.30. The lowest BCUT2D eigenvalue weighted by molar-refractivity contribution is 0.0639. The third kappa shape index (κ3) is 3.49. The van der Waals surface area contributed by atoms with E-state index in [2.05, 4.69) is 55.0 Å². The maximum Gasteiger partial charge on any atom is 0.129 e. The van der Waals surface area contributed by atoms with Crippen LogP contribution in [-0.4, -0.2) is 36.8 Å². The molecule has 1 N–H and O–H groups in total. The Bertz CT molecular complexity index is 433. The van der Waals surface area contributed by atoms with Gasteiger partial charge in [0.05, 0.1) is 18.8 Å². The predicted molar refractivity (Wildman–Crippen MR) is 83.2 cm³/mol. The van der Waals surface area contributed by atoms with Crippen LogP contribution in [0.2, 0.25) is 0 Å². The van der Waals surface area contributed by atoms with E-state index in [1.165, 1.54) is 5.56 Å². The van der Waals surface area contributed by atoms with Crippen molar-refractivity contribution in [3.8, 4) is 0 Å². The van der Waals surface area contributed by atoms with Crippen molar-refractivity contribution >= 4 is 5.82 Å². The van der Waals surface area contributed by atoms with Crippen molar-refractivity contribution in [2.45, 2.75) is 45.7 Å². The number of morpholine rings is 1. The molecule has 0 spiro atoms. The molecular formula is C16H27N3O. The minimum atomic E-state index is 0.00393. The molecule has 1 aliphatic heterocycles. The number of pyridine rings is 1. The summed E-state index contributed by atoms with van der Waals surface area (Å²) in [5.74, 6) is 1.06. The maximum atomic E-state index is 5.59. The highest BCUT2D eigenvalue weighted by Gasteiger charge is 2.31. The molecule has 20 heavy (non-hydrogen) atoms. The number of hydrogen-bond donors (Lipinski definition) is 1. The summed E-state index contributed by atoms with van der Waals surface area (Å²) in [6.07, 6.45) is 3.07. The molecule has 2 rings (SSSR count). The number of aromatic nitrogens is 1. The van der Waals surface area contributed by atoms with E-state index in [0.29, 0.717) is 6.04 Å². The first kappa shape index (κ1) is 15.3. The summed E-state index contributed by atoms with van der Waals surface area (Å²) in [7, 11) is 0. The Balaban J connectivity index is 2.16. The average Bonchev–Trinajstić information content (AvgIpc) is 2.44. The molecule has 0 amide bonds. The summed E-state index contributed by atoms with van der Waals surface area (Å²) in [4.78, 5) is 6.92. The van der Waals surface area contributed by atoms with Crippen LogP contribution in [0.15, 0.2) is 18.3 Å². The molecule has 0 bridgehead atoms. The Morgan fingerprint density at radius 1 is 1.50 bits per heavy atom. The number of rotatable bonds is 5. The van der Waals surface area contributed by atoms with Crippen LogP contribution < -0.4 is 10.2 Å². The van der Waals surface area contributed by atoms with Crippen molar-refractivity contribution in [2.24, 2.45) is 0 Å². The van der Waals surface area contributed by atoms with Gasteiger partial charge in [-0.1, -0.05) is 6.92 Å². The lowest BCUT2D eigenvalue weighted by Crippen LogP contribution is -2.53. The van der Waals surface area contributed by atoms with Gasteiger partial charge in [-0.25, -0.2) is 4.98 Å². The van der Waals surface area contributed by atoms with E-state index in [4.69, 9.17) is 4.74 Å². The van der Waals surface area contributed by atoms with E-state index in [1.54, 1.807) is 0 Å². The molecular weight excluding hydrogens is 250 g/mol. The highest BCUT2D eigenvalue weighted by molar-refractivity contribution is 5.45. The van der Waals surface area contributed by atoms with E-state index in [1.807, 2.05) is 6.20 Å². The highest BCUT2D eigenvalue weighted by atomic mass is 16.5. The van der Waals surface area contributed by atoms with Crippen LogP contribution in [0.3, 0.4) is 0 Å². The molecule has 1 aromatic rings. The molecule has 4 heteroatoms. The van der Waals surface area contributed by atoms with Gasteiger partial charge in [-0.3, -0.25) is 0 Å². The van der Waals surface area contributed by atoms with Crippen LogP contribution in [0.25, 0.3) is 0 Å². The molecule has 0 aliphatic carbocycles. The monoisotopic (exact) mass is 277 g/mol. The van der Waals surface area contributed by atoms with Gasteiger partial charge in [0, 0.05) is 18.8 Å².